The summed E-state index contributed by atoms with van der Waals surface area (Å²) in [6, 6.07) is 2.35. The Balaban J connectivity index is 1.47. The molecular weight excluding hydrogens is 334 g/mol. The highest BCUT2D eigenvalue weighted by Gasteiger charge is 2.63. The van der Waals surface area contributed by atoms with Crippen LogP contribution in [-0.4, -0.2) is 57.3 Å². The third-order valence-corrected chi connectivity index (χ3v) is 5.90. The largest absolute Gasteiger partial charge is 0.335 e. The Labute approximate surface area is 150 Å². The van der Waals surface area contributed by atoms with Crippen molar-refractivity contribution in [1.29, 1.82) is 5.26 Å². The van der Waals surface area contributed by atoms with Crippen LogP contribution in [0, 0.1) is 24.2 Å². The molecule has 0 radical (unpaired) electrons. The molecule has 4 fully saturated rings. The smallest absolute Gasteiger partial charge is 0.332 e. The summed E-state index contributed by atoms with van der Waals surface area (Å²) in [6.07, 6.45) is 3.92. The molecular formula is C18H17N5O3. The maximum Gasteiger partial charge on any atom is 0.332 e. The van der Waals surface area contributed by atoms with Crippen LogP contribution in [0.4, 0.5) is 10.5 Å². The standard InChI is InChI=1S/C18H17N5O3/c1-9-4-11(7-20-13(9)6-19)23-17(25)15-14-5-12(22(15)18(23)26)8-21(14)16(24)10-2-3-10/h4,7,10,12,14-15H,2-3,5,8H2,1H3/t12-,14?,15-/m1/s1. The highest BCUT2D eigenvalue weighted by molar-refractivity contribution is 6.22. The van der Waals surface area contributed by atoms with Crippen LogP contribution in [0.3, 0.4) is 0 Å². The zero-order chi connectivity index (χ0) is 18.2. The van der Waals surface area contributed by atoms with Crippen molar-refractivity contribution in [3.05, 3.63) is 23.5 Å². The van der Waals surface area contributed by atoms with Crippen LogP contribution in [0.5, 0.6) is 0 Å². The number of aryl methyl sites for hydroxylation is 1. The van der Waals surface area contributed by atoms with Crippen LogP contribution >= 0.6 is 0 Å². The fraction of sp³-hybridized carbons (Fsp3) is 0.500. The number of nitriles is 1. The van der Waals surface area contributed by atoms with E-state index in [1.807, 2.05) is 11.0 Å². The van der Waals surface area contributed by atoms with Gasteiger partial charge in [0.1, 0.15) is 17.8 Å². The number of carbonyl (C=O) groups excluding carboxylic acids is 3. The predicted molar refractivity (Wildman–Crippen MR) is 88.8 cm³/mol. The van der Waals surface area contributed by atoms with Crippen LogP contribution in [-0.2, 0) is 9.59 Å². The zero-order valence-corrected chi connectivity index (χ0v) is 14.3. The summed E-state index contributed by atoms with van der Waals surface area (Å²) in [5.41, 5.74) is 1.27. The molecule has 1 aromatic rings. The fourth-order valence-corrected chi connectivity index (χ4v) is 4.51. The molecule has 4 amide bonds. The summed E-state index contributed by atoms with van der Waals surface area (Å²) in [5, 5.41) is 9.01. The van der Waals surface area contributed by atoms with Crippen molar-refractivity contribution in [2.75, 3.05) is 11.4 Å². The average molecular weight is 351 g/mol. The number of hydrogen-bond acceptors (Lipinski definition) is 5. The fourth-order valence-electron chi connectivity index (χ4n) is 4.51. The quantitative estimate of drug-likeness (QED) is 0.734. The summed E-state index contributed by atoms with van der Waals surface area (Å²) in [6.45, 7) is 2.24. The highest BCUT2D eigenvalue weighted by Crippen LogP contribution is 2.44. The normalized spacial score (nSPS) is 29.4. The van der Waals surface area contributed by atoms with Gasteiger partial charge in [0, 0.05) is 12.5 Å². The van der Waals surface area contributed by atoms with E-state index in [1.165, 1.54) is 6.20 Å². The molecule has 4 aliphatic rings. The lowest BCUT2D eigenvalue weighted by Gasteiger charge is -2.35. The van der Waals surface area contributed by atoms with Gasteiger partial charge in [0.15, 0.2) is 0 Å². The summed E-state index contributed by atoms with van der Waals surface area (Å²) in [7, 11) is 0. The number of pyridine rings is 1. The second-order valence-corrected chi connectivity index (χ2v) is 7.50. The molecule has 1 unspecified atom stereocenters. The van der Waals surface area contributed by atoms with E-state index in [-0.39, 0.29) is 41.5 Å². The van der Waals surface area contributed by atoms with Gasteiger partial charge in [-0.3, -0.25) is 9.59 Å². The molecule has 3 aliphatic heterocycles. The highest BCUT2D eigenvalue weighted by atomic mass is 16.2. The number of hydrogen-bond donors (Lipinski definition) is 0. The topological polar surface area (TPSA) is 97.6 Å². The van der Waals surface area contributed by atoms with Gasteiger partial charge in [0.25, 0.3) is 5.91 Å². The molecule has 8 nitrogen and oxygen atoms in total. The van der Waals surface area contributed by atoms with Crippen LogP contribution in [0.25, 0.3) is 0 Å². The van der Waals surface area contributed by atoms with E-state index in [1.54, 1.807) is 17.9 Å². The van der Waals surface area contributed by atoms with E-state index in [0.29, 0.717) is 24.2 Å². The Bertz CT molecular complexity index is 903. The minimum atomic E-state index is -0.597. The first-order valence-corrected chi connectivity index (χ1v) is 8.84. The molecule has 2 bridgehead atoms. The van der Waals surface area contributed by atoms with Crippen molar-refractivity contribution < 1.29 is 14.4 Å². The van der Waals surface area contributed by atoms with Gasteiger partial charge in [-0.15, -0.1) is 0 Å². The number of anilines is 1. The molecule has 0 N–H and O–H groups in total. The van der Waals surface area contributed by atoms with Crippen LogP contribution in [0.15, 0.2) is 12.3 Å². The minimum absolute atomic E-state index is 0.0958. The number of carbonyl (C=O) groups is 3. The van der Waals surface area contributed by atoms with Gasteiger partial charge < -0.3 is 9.80 Å². The van der Waals surface area contributed by atoms with Gasteiger partial charge in [-0.2, -0.15) is 5.26 Å². The summed E-state index contributed by atoms with van der Waals surface area (Å²) < 4.78 is 0. The van der Waals surface area contributed by atoms with Crippen molar-refractivity contribution in [1.82, 2.24) is 14.8 Å². The molecule has 3 saturated heterocycles. The average Bonchev–Trinajstić information content (AvgIpc) is 3.21. The van der Waals surface area contributed by atoms with Crippen molar-refractivity contribution in [3.8, 4) is 6.07 Å². The number of piperazine rings is 1. The number of rotatable bonds is 2. The Morgan fingerprint density at radius 3 is 2.77 bits per heavy atom. The molecule has 1 aromatic heterocycles. The first-order chi connectivity index (χ1) is 12.5. The molecule has 1 aliphatic carbocycles. The van der Waals surface area contributed by atoms with Crippen LogP contribution in [0.1, 0.15) is 30.5 Å². The maximum absolute atomic E-state index is 13.0. The van der Waals surface area contributed by atoms with Gasteiger partial charge in [-0.05, 0) is 37.8 Å². The third-order valence-electron chi connectivity index (χ3n) is 5.90. The van der Waals surface area contributed by atoms with E-state index >= 15 is 0 Å². The lowest BCUT2D eigenvalue weighted by atomic mass is 10.1. The predicted octanol–water partition coefficient (Wildman–Crippen LogP) is 0.792. The van der Waals surface area contributed by atoms with Gasteiger partial charge in [0.2, 0.25) is 5.91 Å². The Hall–Kier alpha value is -2.95. The summed E-state index contributed by atoms with van der Waals surface area (Å²) in [4.78, 5) is 47.1. The third kappa shape index (κ3) is 1.88. The van der Waals surface area contributed by atoms with Crippen LogP contribution < -0.4 is 4.90 Å². The molecule has 5 rings (SSSR count). The Morgan fingerprint density at radius 2 is 2.12 bits per heavy atom. The monoisotopic (exact) mass is 351 g/mol. The Kier molecular flexibility index (Phi) is 2.97. The second-order valence-electron chi connectivity index (χ2n) is 7.50. The van der Waals surface area contributed by atoms with E-state index in [0.717, 1.165) is 17.7 Å². The first-order valence-electron chi connectivity index (χ1n) is 8.84. The molecule has 26 heavy (non-hydrogen) atoms. The number of fused-ring (bicyclic) bond motifs is 5. The molecule has 1 saturated carbocycles. The molecule has 0 spiro atoms. The van der Waals surface area contributed by atoms with Gasteiger partial charge in [0.05, 0.1) is 24.0 Å². The SMILES string of the molecule is Cc1cc(N2C(=O)[C@H]3C4C[C@H](CN4C(=O)C4CC4)N3C2=O)cnc1C#N. The number of aromatic nitrogens is 1. The summed E-state index contributed by atoms with van der Waals surface area (Å²) in [5.74, 6) is -0.0649. The molecule has 3 atom stereocenters. The number of imide groups is 1. The number of amides is 4. The maximum atomic E-state index is 13.0. The second kappa shape index (κ2) is 5.04. The summed E-state index contributed by atoms with van der Waals surface area (Å²) >= 11 is 0. The van der Waals surface area contributed by atoms with Crippen molar-refractivity contribution in [2.45, 2.75) is 44.3 Å². The van der Waals surface area contributed by atoms with Crippen LogP contribution in [0.2, 0.25) is 0 Å². The number of urea groups is 1. The minimum Gasteiger partial charge on any atom is -0.335 e. The van der Waals surface area contributed by atoms with Crippen molar-refractivity contribution in [3.63, 3.8) is 0 Å². The molecule has 132 valence electrons. The van der Waals surface area contributed by atoms with Crippen molar-refractivity contribution in [2.24, 2.45) is 5.92 Å². The number of nitrogens with zero attached hydrogens (tertiary/aromatic N) is 5. The van der Waals surface area contributed by atoms with E-state index < -0.39 is 6.04 Å². The Morgan fingerprint density at radius 1 is 1.35 bits per heavy atom. The van der Waals surface area contributed by atoms with Gasteiger partial charge in [-0.1, -0.05) is 0 Å². The lowest BCUT2D eigenvalue weighted by Crippen LogP contribution is -2.55. The first kappa shape index (κ1) is 15.3. The van der Waals surface area contributed by atoms with Crippen molar-refractivity contribution >= 4 is 23.5 Å². The molecule has 0 aromatic carbocycles. The van der Waals surface area contributed by atoms with E-state index in [2.05, 4.69) is 4.98 Å². The number of likely N-dealkylation sites (tertiary alicyclic amines) is 1. The van der Waals surface area contributed by atoms with Gasteiger partial charge >= 0.3 is 6.03 Å². The lowest BCUT2D eigenvalue weighted by molar-refractivity contribution is -0.136. The van der Waals surface area contributed by atoms with Gasteiger partial charge in [-0.25, -0.2) is 14.7 Å². The zero-order valence-electron chi connectivity index (χ0n) is 14.3. The van der Waals surface area contributed by atoms with E-state index in [9.17, 15) is 14.4 Å². The van der Waals surface area contributed by atoms with E-state index in [4.69, 9.17) is 5.26 Å². The molecule has 4 heterocycles. The molecule has 8 heteroatoms.